The van der Waals surface area contributed by atoms with Crippen molar-refractivity contribution in [1.29, 1.82) is 0 Å². The van der Waals surface area contributed by atoms with Gasteiger partial charge in [-0.25, -0.2) is 0 Å². The summed E-state index contributed by atoms with van der Waals surface area (Å²) in [6.45, 7) is 0. The van der Waals surface area contributed by atoms with E-state index < -0.39 is 31.0 Å². The monoisotopic (exact) mass is 1480 g/mol. The third-order valence-electron chi connectivity index (χ3n) is 9.13. The zero-order chi connectivity index (χ0) is 43.2. The molecule has 1 nitrogen and oxygen atoms in total. The first kappa shape index (κ1) is 58.4. The van der Waals surface area contributed by atoms with Crippen LogP contribution in [0.4, 0.5) is 17.3 Å². The molecule has 0 bridgehead atoms. The van der Waals surface area contributed by atoms with E-state index in [4.69, 9.17) is 0 Å². The minimum absolute atomic E-state index is 0. The zero-order valence-corrected chi connectivity index (χ0v) is 44.5. The van der Waals surface area contributed by atoms with Crippen LogP contribution in [-0.4, -0.2) is 12.7 Å². The fourth-order valence-electron chi connectivity index (χ4n) is 6.54. The first-order chi connectivity index (χ1) is 30.3. The van der Waals surface area contributed by atoms with Gasteiger partial charge >= 0.3 is 29.6 Å². The molecule has 0 aromatic heterocycles. The second-order valence-corrected chi connectivity index (χ2v) is 20.2. The predicted molar refractivity (Wildman–Crippen MR) is 269 cm³/mol. The molecule has 0 spiro atoms. The van der Waals surface area contributed by atoms with Crippen molar-refractivity contribution in [2.24, 2.45) is 0 Å². The van der Waals surface area contributed by atoms with Gasteiger partial charge in [-0.2, -0.15) is 0 Å². The number of hydrogen-bond donors (Lipinski definition) is 0. The van der Waals surface area contributed by atoms with E-state index in [0.29, 0.717) is 0 Å². The third kappa shape index (κ3) is 19.5. The van der Waals surface area contributed by atoms with Gasteiger partial charge in [0.15, 0.2) is 0 Å². The number of hydrogen-bond acceptors (Lipinski definition) is 0. The molecule has 0 atom stereocenters. The van der Waals surface area contributed by atoms with E-state index in [1.54, 1.807) is 0 Å². The number of rotatable bonds is 9. The molecule has 9 rings (SSSR count). The minimum atomic E-state index is -6.00. The topological polar surface area (TPSA) is 31.5 Å². The van der Waals surface area contributed by atoms with Gasteiger partial charge in [0.05, 0.1) is 0 Å². The van der Waals surface area contributed by atoms with Crippen molar-refractivity contribution in [3.05, 3.63) is 273 Å². The van der Waals surface area contributed by atoms with Gasteiger partial charge in [-0.05, 0) is 71.5 Å². The van der Waals surface area contributed by atoms with Crippen LogP contribution in [0, 0.1) is 0 Å². The molecule has 0 aliphatic heterocycles. The molecule has 0 heterocycles. The van der Waals surface area contributed by atoms with Crippen molar-refractivity contribution in [2.45, 2.75) is 0 Å². The maximum Gasteiger partial charge on any atom is 1.00 e. The molecule has 0 amide bonds. The largest absolute Gasteiger partial charge is 1.00 e. The summed E-state index contributed by atoms with van der Waals surface area (Å²) in [6, 6.07) is 97.0. The molecule has 0 aliphatic rings. The van der Waals surface area contributed by atoms with Crippen molar-refractivity contribution >= 4 is 78.8 Å². The molecule has 9 aromatic rings. The Morgan fingerprint density at radius 2 is 0.288 bits per heavy atom. The Bertz CT molecular complexity index is 2000. The summed E-state index contributed by atoms with van der Waals surface area (Å²) >= 11 is 0. The summed E-state index contributed by atoms with van der Waals surface area (Å²) in [4.78, 5) is 0. The molecule has 2 radical (unpaired) electrons. The van der Waals surface area contributed by atoms with Gasteiger partial charge in [-0.3, -0.25) is 0 Å². The quantitative estimate of drug-likeness (QED) is 0.0784. The Kier molecular flexibility index (Phi) is 28.4. The Morgan fingerprint density at radius 3 is 0.364 bits per heavy atom. The van der Waals surface area contributed by atoms with Crippen LogP contribution in [0.3, 0.4) is 0 Å². The average molecular weight is 1480 g/mol. The first-order valence-corrected chi connectivity index (χ1v) is 24.1. The normalized spacial score (nSPS) is 10.0. The van der Waals surface area contributed by atoms with Crippen LogP contribution in [0.1, 0.15) is 0 Å². The molecule has 66 heavy (non-hydrogen) atoms. The standard InChI is InChI=1S/3C18H15P.3Au.BF4.H2O/c3*1-4-10-16(11-5-1)19(17-12-6-2-7-13-17)18-14-8-3-9-15-18;;;;2-1(3,4)5;/h3*1-15H;;;;;1H2/q;;;;;+1;-1;. The maximum atomic E-state index is 9.75. The van der Waals surface area contributed by atoms with Crippen molar-refractivity contribution in [3.8, 4) is 0 Å². The molecular formula is C54H47Au3BF4OP3. The molecule has 0 fully saturated rings. The van der Waals surface area contributed by atoms with Crippen molar-refractivity contribution < 1.29 is 89.9 Å². The molecule has 12 heteroatoms. The van der Waals surface area contributed by atoms with Crippen molar-refractivity contribution in [1.82, 2.24) is 0 Å². The summed E-state index contributed by atoms with van der Waals surface area (Å²) in [5.74, 6) is 0. The van der Waals surface area contributed by atoms with Crippen molar-refractivity contribution in [2.75, 3.05) is 0 Å². The molecule has 0 aliphatic carbocycles. The van der Waals surface area contributed by atoms with Crippen LogP contribution in [0.25, 0.3) is 0 Å². The average Bonchev–Trinajstić information content (AvgIpc) is 3.32. The fraction of sp³-hybridized carbons (Fsp3) is 0. The smallest absolute Gasteiger partial charge is 0.418 e. The van der Waals surface area contributed by atoms with Crippen LogP contribution in [-0.2, 0) is 67.1 Å². The molecule has 0 saturated heterocycles. The Hall–Kier alpha value is -3.76. The SMILES string of the molecule is F[B-](F)(F)F.O.[Au+].[Au].[Au].c1ccc(P(c2ccccc2)c2ccccc2)cc1.c1ccc(P(c2ccccc2)c2ccccc2)cc1.c1ccc(P(c2ccccc2)c2ccccc2)cc1. The van der Waals surface area contributed by atoms with Gasteiger partial charge in [-0.1, -0.05) is 273 Å². The van der Waals surface area contributed by atoms with Crippen LogP contribution < -0.4 is 47.7 Å². The van der Waals surface area contributed by atoms with E-state index in [1.165, 1.54) is 47.7 Å². The Labute approximate surface area is 437 Å². The zero-order valence-electron chi connectivity index (χ0n) is 35.3. The van der Waals surface area contributed by atoms with E-state index in [9.17, 15) is 17.3 Å². The Balaban J connectivity index is 0.000000314. The second-order valence-electron chi connectivity index (χ2n) is 13.5. The minimum Gasteiger partial charge on any atom is -0.418 e. The van der Waals surface area contributed by atoms with Crippen LogP contribution in [0.15, 0.2) is 273 Å². The van der Waals surface area contributed by atoms with E-state index in [2.05, 4.69) is 273 Å². The molecule has 348 valence electrons. The van der Waals surface area contributed by atoms with Gasteiger partial charge in [-0.15, -0.1) is 0 Å². The predicted octanol–water partition coefficient (Wildman–Crippen LogP) is 10.8. The van der Waals surface area contributed by atoms with Crippen LogP contribution in [0.2, 0.25) is 0 Å². The summed E-state index contributed by atoms with van der Waals surface area (Å²) in [5.41, 5.74) is 0. The van der Waals surface area contributed by atoms with E-state index in [-0.39, 0.29) is 72.6 Å². The molecule has 0 unspecified atom stereocenters. The van der Waals surface area contributed by atoms with Crippen LogP contribution in [0.5, 0.6) is 0 Å². The third-order valence-corrected chi connectivity index (χ3v) is 16.5. The maximum absolute atomic E-state index is 9.75. The summed E-state index contributed by atoms with van der Waals surface area (Å²) in [7, 11) is -7.34. The van der Waals surface area contributed by atoms with Gasteiger partial charge in [0.25, 0.3) is 0 Å². The van der Waals surface area contributed by atoms with Gasteiger partial charge in [0, 0.05) is 44.8 Å². The van der Waals surface area contributed by atoms with E-state index >= 15 is 0 Å². The van der Waals surface area contributed by atoms with Gasteiger partial charge < -0.3 is 22.7 Å². The summed E-state index contributed by atoms with van der Waals surface area (Å²) in [6.07, 6.45) is 0. The first-order valence-electron chi connectivity index (χ1n) is 20.1. The van der Waals surface area contributed by atoms with Gasteiger partial charge in [0.2, 0.25) is 0 Å². The fourth-order valence-corrected chi connectivity index (χ4v) is 13.5. The van der Waals surface area contributed by atoms with Crippen LogP contribution >= 0.6 is 23.8 Å². The summed E-state index contributed by atoms with van der Waals surface area (Å²) < 4.78 is 39.0. The summed E-state index contributed by atoms with van der Waals surface area (Å²) in [5, 5.41) is 12.6. The molecule has 9 aromatic carbocycles. The van der Waals surface area contributed by atoms with E-state index in [0.717, 1.165) is 0 Å². The second kappa shape index (κ2) is 32.1. The Morgan fingerprint density at radius 1 is 0.212 bits per heavy atom. The molecule has 2 N–H and O–H groups in total. The molecular weight excluding hydrogens is 1440 g/mol. The van der Waals surface area contributed by atoms with E-state index in [1.807, 2.05) is 0 Å². The van der Waals surface area contributed by atoms with Crippen molar-refractivity contribution in [3.63, 3.8) is 0 Å². The number of halogens is 4. The molecule has 0 saturated carbocycles. The number of benzene rings is 9. The van der Waals surface area contributed by atoms with Gasteiger partial charge in [0.1, 0.15) is 0 Å².